The van der Waals surface area contributed by atoms with Crippen LogP contribution in [0.5, 0.6) is 0 Å². The highest BCUT2D eigenvalue weighted by Crippen LogP contribution is 2.46. The van der Waals surface area contributed by atoms with Crippen LogP contribution in [0, 0.1) is 6.92 Å². The minimum absolute atomic E-state index is 0.0802. The lowest BCUT2D eigenvalue weighted by Crippen LogP contribution is -2.38. The fourth-order valence-corrected chi connectivity index (χ4v) is 4.51. The third-order valence-electron chi connectivity index (χ3n) is 5.76. The van der Waals surface area contributed by atoms with E-state index in [1.54, 1.807) is 6.20 Å². The largest absolute Gasteiger partial charge is 0.314 e. The molecule has 2 aromatic heterocycles. The first kappa shape index (κ1) is 18.1. The van der Waals surface area contributed by atoms with E-state index in [-0.39, 0.29) is 6.04 Å². The highest BCUT2D eigenvalue weighted by molar-refractivity contribution is 6.30. The molecule has 2 aromatic carbocycles. The van der Waals surface area contributed by atoms with Crippen molar-refractivity contribution in [1.29, 1.82) is 0 Å². The van der Waals surface area contributed by atoms with Gasteiger partial charge in [-0.05, 0) is 66.6 Å². The van der Waals surface area contributed by atoms with Crippen molar-refractivity contribution in [2.24, 2.45) is 4.99 Å². The SMILES string of the molecule is Cc1nn(-c2ccc(Cl)cc2)c2c1[C@H](c1cccnc1)N1C(=N2)C=Cc2ccccc21. The molecule has 0 bridgehead atoms. The minimum Gasteiger partial charge on any atom is -0.314 e. The van der Waals surface area contributed by atoms with Crippen molar-refractivity contribution in [1.82, 2.24) is 14.8 Å². The van der Waals surface area contributed by atoms with Crippen LogP contribution in [0.3, 0.4) is 0 Å². The molecule has 150 valence electrons. The number of aliphatic imine (C=N–C) groups is 1. The van der Waals surface area contributed by atoms with Gasteiger partial charge in [0, 0.05) is 23.0 Å². The normalized spacial score (nSPS) is 16.4. The Kier molecular flexibility index (Phi) is 4.04. The maximum atomic E-state index is 6.11. The molecule has 0 aliphatic carbocycles. The third-order valence-corrected chi connectivity index (χ3v) is 6.01. The quantitative estimate of drug-likeness (QED) is 0.403. The summed E-state index contributed by atoms with van der Waals surface area (Å²) in [6.07, 6.45) is 7.92. The molecule has 0 saturated carbocycles. The second-order valence-corrected chi connectivity index (χ2v) is 8.07. The predicted octanol–water partition coefficient (Wildman–Crippen LogP) is 5.90. The molecule has 0 radical (unpaired) electrons. The van der Waals surface area contributed by atoms with Gasteiger partial charge < -0.3 is 4.90 Å². The molecule has 1 atom stereocenters. The van der Waals surface area contributed by atoms with Crippen LogP contribution in [0.2, 0.25) is 5.02 Å². The highest BCUT2D eigenvalue weighted by Gasteiger charge is 2.38. The van der Waals surface area contributed by atoms with Crippen molar-refractivity contribution in [3.8, 4) is 5.69 Å². The zero-order chi connectivity index (χ0) is 20.9. The number of rotatable bonds is 2. The van der Waals surface area contributed by atoms with Gasteiger partial charge in [0.2, 0.25) is 0 Å². The first-order valence-corrected chi connectivity index (χ1v) is 10.5. The first-order valence-electron chi connectivity index (χ1n) is 10.1. The van der Waals surface area contributed by atoms with Crippen LogP contribution in [-0.4, -0.2) is 20.6 Å². The maximum absolute atomic E-state index is 6.11. The van der Waals surface area contributed by atoms with Gasteiger partial charge in [0.25, 0.3) is 0 Å². The van der Waals surface area contributed by atoms with Crippen molar-refractivity contribution in [2.75, 3.05) is 4.90 Å². The lowest BCUT2D eigenvalue weighted by atomic mass is 9.93. The Balaban J connectivity index is 1.63. The number of amidine groups is 1. The number of hydrogen-bond acceptors (Lipinski definition) is 4. The number of para-hydroxylation sites is 1. The summed E-state index contributed by atoms with van der Waals surface area (Å²) < 4.78 is 1.91. The number of benzene rings is 2. The van der Waals surface area contributed by atoms with E-state index >= 15 is 0 Å². The Morgan fingerprint density at radius 3 is 2.58 bits per heavy atom. The highest BCUT2D eigenvalue weighted by atomic mass is 35.5. The summed E-state index contributed by atoms with van der Waals surface area (Å²) in [6.45, 7) is 2.04. The molecule has 4 heterocycles. The third kappa shape index (κ3) is 2.81. The van der Waals surface area contributed by atoms with E-state index in [1.165, 1.54) is 5.56 Å². The van der Waals surface area contributed by atoms with Crippen LogP contribution < -0.4 is 4.90 Å². The number of pyridine rings is 1. The molecule has 0 N–H and O–H groups in total. The summed E-state index contributed by atoms with van der Waals surface area (Å²) in [7, 11) is 0. The minimum atomic E-state index is -0.0802. The molecule has 2 aliphatic heterocycles. The average Bonchev–Trinajstić information content (AvgIpc) is 3.14. The van der Waals surface area contributed by atoms with Crippen LogP contribution in [0.15, 0.2) is 84.1 Å². The summed E-state index contributed by atoms with van der Waals surface area (Å²) in [6, 6.07) is 20.1. The van der Waals surface area contributed by atoms with Gasteiger partial charge in [0.15, 0.2) is 5.82 Å². The van der Waals surface area contributed by atoms with Crippen LogP contribution >= 0.6 is 11.6 Å². The number of aromatic nitrogens is 3. The molecule has 2 aliphatic rings. The maximum Gasteiger partial charge on any atom is 0.163 e. The number of aryl methyl sites for hydroxylation is 1. The van der Waals surface area contributed by atoms with E-state index in [0.717, 1.165) is 39.8 Å². The molecule has 0 spiro atoms. The molecule has 6 heteroatoms. The van der Waals surface area contributed by atoms with Gasteiger partial charge in [0.1, 0.15) is 5.84 Å². The Labute approximate surface area is 185 Å². The number of hydrogen-bond donors (Lipinski definition) is 0. The van der Waals surface area contributed by atoms with Crippen molar-refractivity contribution < 1.29 is 0 Å². The van der Waals surface area contributed by atoms with Gasteiger partial charge in [0.05, 0.1) is 23.1 Å². The number of halogens is 1. The fraction of sp³-hybridized carbons (Fsp3) is 0.0800. The predicted molar refractivity (Wildman–Crippen MR) is 124 cm³/mol. The number of nitrogens with zero attached hydrogens (tertiary/aromatic N) is 5. The first-order chi connectivity index (χ1) is 15.2. The Morgan fingerprint density at radius 1 is 0.935 bits per heavy atom. The van der Waals surface area contributed by atoms with Crippen molar-refractivity contribution in [3.63, 3.8) is 0 Å². The Bertz CT molecular complexity index is 1350. The summed E-state index contributed by atoms with van der Waals surface area (Å²) >= 11 is 6.11. The number of fused-ring (bicyclic) bond motifs is 4. The second-order valence-electron chi connectivity index (χ2n) is 7.63. The molecule has 4 aromatic rings. The molecular weight excluding hydrogens is 406 g/mol. The fourth-order valence-electron chi connectivity index (χ4n) is 4.39. The molecule has 0 unspecified atom stereocenters. The average molecular weight is 424 g/mol. The van der Waals surface area contributed by atoms with Crippen LogP contribution in [-0.2, 0) is 0 Å². The lowest BCUT2D eigenvalue weighted by molar-refractivity contribution is 0.808. The van der Waals surface area contributed by atoms with Crippen molar-refractivity contribution >= 4 is 35.0 Å². The standard InChI is InChI=1S/C25H18ClN5/c1-16-23-24(18-6-4-14-27-15-18)30-21-7-3-2-5-17(21)8-13-22(30)28-25(23)31(29-16)20-11-9-19(26)10-12-20/h2-15,24H,1H3/t24-/m0/s1. The lowest BCUT2D eigenvalue weighted by Gasteiger charge is -2.39. The van der Waals surface area contributed by atoms with Gasteiger partial charge in [-0.25, -0.2) is 9.67 Å². The van der Waals surface area contributed by atoms with Gasteiger partial charge in [-0.3, -0.25) is 4.98 Å². The summed E-state index contributed by atoms with van der Waals surface area (Å²) in [4.78, 5) is 11.8. The van der Waals surface area contributed by atoms with E-state index in [9.17, 15) is 0 Å². The topological polar surface area (TPSA) is 46.3 Å². The molecule has 0 saturated heterocycles. The molecular formula is C25H18ClN5. The molecule has 0 amide bonds. The van der Waals surface area contributed by atoms with Crippen molar-refractivity contribution in [3.05, 3.63) is 107 Å². The van der Waals surface area contributed by atoms with E-state index in [4.69, 9.17) is 21.7 Å². The summed E-state index contributed by atoms with van der Waals surface area (Å²) in [5.41, 5.74) is 6.34. The molecule has 31 heavy (non-hydrogen) atoms. The molecule has 5 nitrogen and oxygen atoms in total. The van der Waals surface area contributed by atoms with Crippen LogP contribution in [0.4, 0.5) is 11.5 Å². The smallest absolute Gasteiger partial charge is 0.163 e. The summed E-state index contributed by atoms with van der Waals surface area (Å²) in [5, 5.41) is 5.57. The van der Waals surface area contributed by atoms with E-state index in [0.29, 0.717) is 5.02 Å². The van der Waals surface area contributed by atoms with Gasteiger partial charge in [-0.1, -0.05) is 35.9 Å². The molecule has 6 rings (SSSR count). The summed E-state index contributed by atoms with van der Waals surface area (Å²) in [5.74, 6) is 1.72. The van der Waals surface area contributed by atoms with Gasteiger partial charge >= 0.3 is 0 Å². The van der Waals surface area contributed by atoms with E-state index < -0.39 is 0 Å². The van der Waals surface area contributed by atoms with E-state index in [1.807, 2.05) is 48.1 Å². The van der Waals surface area contributed by atoms with Gasteiger partial charge in [-0.15, -0.1) is 0 Å². The Hall–Kier alpha value is -3.70. The Morgan fingerprint density at radius 2 is 1.77 bits per heavy atom. The van der Waals surface area contributed by atoms with Crippen LogP contribution in [0.1, 0.15) is 28.4 Å². The van der Waals surface area contributed by atoms with E-state index in [2.05, 4.69) is 52.4 Å². The van der Waals surface area contributed by atoms with Crippen LogP contribution in [0.25, 0.3) is 11.8 Å². The number of anilines is 1. The van der Waals surface area contributed by atoms with Gasteiger partial charge in [-0.2, -0.15) is 5.10 Å². The second kappa shape index (κ2) is 6.93. The zero-order valence-corrected chi connectivity index (χ0v) is 17.5. The monoisotopic (exact) mass is 423 g/mol. The zero-order valence-electron chi connectivity index (χ0n) is 16.8. The molecule has 0 fully saturated rings. The van der Waals surface area contributed by atoms with Crippen molar-refractivity contribution in [2.45, 2.75) is 13.0 Å².